The van der Waals surface area contributed by atoms with Crippen LogP contribution in [0.2, 0.25) is 5.02 Å². The van der Waals surface area contributed by atoms with Crippen molar-refractivity contribution in [2.75, 3.05) is 25.5 Å². The third-order valence-corrected chi connectivity index (χ3v) is 6.68. The number of aromatic nitrogens is 1. The third kappa shape index (κ3) is 6.34. The second kappa shape index (κ2) is 10.8. The number of fused-ring (bicyclic) bond motifs is 1. The van der Waals surface area contributed by atoms with Gasteiger partial charge in [0.15, 0.2) is 0 Å². The Hall–Kier alpha value is -2.88. The molecule has 0 saturated heterocycles. The van der Waals surface area contributed by atoms with Gasteiger partial charge in [-0.25, -0.2) is 13.1 Å². The van der Waals surface area contributed by atoms with E-state index in [0.717, 1.165) is 16.6 Å². The number of nitrogens with one attached hydrogen (secondary N) is 3. The van der Waals surface area contributed by atoms with Crippen LogP contribution in [0.4, 0.5) is 5.69 Å². The summed E-state index contributed by atoms with van der Waals surface area (Å²) in [5.74, 6) is -0.183. The number of pyridine rings is 1. The zero-order valence-electron chi connectivity index (χ0n) is 18.7. The summed E-state index contributed by atoms with van der Waals surface area (Å²) in [6.07, 6.45) is 2.38. The van der Waals surface area contributed by atoms with E-state index in [1.54, 1.807) is 20.0 Å². The van der Waals surface area contributed by atoms with Gasteiger partial charge in [0, 0.05) is 47.0 Å². The molecule has 3 rings (SSSR count). The van der Waals surface area contributed by atoms with E-state index in [1.807, 2.05) is 24.3 Å². The SMILES string of the molecule is COc1ccc(C(=O)NCCCNc2ccnc3cc(Cl)ccc23)cc1S(=O)(=O)NC(C)C. The van der Waals surface area contributed by atoms with Crippen molar-refractivity contribution in [1.82, 2.24) is 15.0 Å². The Morgan fingerprint density at radius 1 is 1.12 bits per heavy atom. The number of benzene rings is 2. The summed E-state index contributed by atoms with van der Waals surface area (Å²) >= 11 is 6.03. The van der Waals surface area contributed by atoms with Crippen LogP contribution >= 0.6 is 11.6 Å². The molecule has 33 heavy (non-hydrogen) atoms. The van der Waals surface area contributed by atoms with Crippen LogP contribution in [0.25, 0.3) is 10.9 Å². The van der Waals surface area contributed by atoms with Crippen LogP contribution in [0.5, 0.6) is 5.75 Å². The predicted molar refractivity (Wildman–Crippen MR) is 131 cm³/mol. The van der Waals surface area contributed by atoms with Gasteiger partial charge in [-0.3, -0.25) is 9.78 Å². The molecular weight excluding hydrogens is 464 g/mol. The highest BCUT2D eigenvalue weighted by atomic mass is 35.5. The van der Waals surface area contributed by atoms with Crippen molar-refractivity contribution in [3.8, 4) is 5.75 Å². The van der Waals surface area contributed by atoms with Gasteiger partial charge in [-0.1, -0.05) is 11.6 Å². The van der Waals surface area contributed by atoms with Crippen LogP contribution in [0.15, 0.2) is 53.6 Å². The highest BCUT2D eigenvalue weighted by Crippen LogP contribution is 2.26. The number of halogens is 1. The second-order valence-corrected chi connectivity index (χ2v) is 9.82. The molecule has 0 unspecified atom stereocenters. The van der Waals surface area contributed by atoms with E-state index < -0.39 is 10.0 Å². The predicted octanol–water partition coefficient (Wildman–Crippen LogP) is 3.82. The Morgan fingerprint density at radius 3 is 2.64 bits per heavy atom. The maximum Gasteiger partial charge on any atom is 0.251 e. The van der Waals surface area contributed by atoms with Crippen LogP contribution in [0.3, 0.4) is 0 Å². The molecule has 0 fully saturated rings. The van der Waals surface area contributed by atoms with E-state index in [1.165, 1.54) is 25.3 Å². The van der Waals surface area contributed by atoms with E-state index in [-0.39, 0.29) is 28.2 Å². The fourth-order valence-electron chi connectivity index (χ4n) is 3.29. The zero-order valence-corrected chi connectivity index (χ0v) is 20.3. The Balaban J connectivity index is 1.59. The third-order valence-electron chi connectivity index (χ3n) is 4.77. The molecule has 0 atom stereocenters. The molecule has 176 valence electrons. The van der Waals surface area contributed by atoms with E-state index in [4.69, 9.17) is 16.3 Å². The smallest absolute Gasteiger partial charge is 0.251 e. The molecule has 0 saturated carbocycles. The number of nitrogens with zero attached hydrogens (tertiary/aromatic N) is 1. The van der Waals surface area contributed by atoms with E-state index >= 15 is 0 Å². The first kappa shape index (κ1) is 24.8. The number of carbonyl (C=O) groups excluding carboxylic acids is 1. The van der Waals surface area contributed by atoms with Crippen LogP contribution < -0.4 is 20.1 Å². The summed E-state index contributed by atoms with van der Waals surface area (Å²) in [7, 11) is -2.43. The molecule has 3 aromatic rings. The molecule has 3 N–H and O–H groups in total. The Kier molecular flexibility index (Phi) is 8.12. The number of sulfonamides is 1. The number of anilines is 1. The largest absolute Gasteiger partial charge is 0.495 e. The molecule has 0 radical (unpaired) electrons. The number of ether oxygens (including phenoxy) is 1. The molecule has 0 bridgehead atoms. The van der Waals surface area contributed by atoms with Crippen molar-refractivity contribution in [2.45, 2.75) is 31.2 Å². The number of hydrogen-bond acceptors (Lipinski definition) is 6. The van der Waals surface area contributed by atoms with Gasteiger partial charge in [-0.2, -0.15) is 0 Å². The van der Waals surface area contributed by atoms with Gasteiger partial charge >= 0.3 is 0 Å². The van der Waals surface area contributed by atoms with Crippen molar-refractivity contribution in [1.29, 1.82) is 0 Å². The Bertz CT molecular complexity index is 1250. The lowest BCUT2D eigenvalue weighted by Crippen LogP contribution is -2.31. The number of carbonyl (C=O) groups is 1. The molecule has 0 spiro atoms. The molecular formula is C23H27ClN4O4S. The summed E-state index contributed by atoms with van der Waals surface area (Å²) in [5, 5.41) is 7.76. The molecule has 1 aromatic heterocycles. The highest BCUT2D eigenvalue weighted by Gasteiger charge is 2.22. The van der Waals surface area contributed by atoms with Gasteiger partial charge in [0.2, 0.25) is 10.0 Å². The maximum atomic E-state index is 12.6. The monoisotopic (exact) mass is 490 g/mol. The van der Waals surface area contributed by atoms with Crippen LogP contribution in [-0.2, 0) is 10.0 Å². The lowest BCUT2D eigenvalue weighted by molar-refractivity contribution is 0.0953. The molecule has 10 heteroatoms. The summed E-state index contributed by atoms with van der Waals surface area (Å²) in [4.78, 5) is 16.8. The number of amides is 1. The highest BCUT2D eigenvalue weighted by molar-refractivity contribution is 7.89. The molecule has 1 heterocycles. The van der Waals surface area contributed by atoms with Crippen LogP contribution in [0.1, 0.15) is 30.6 Å². The first-order chi connectivity index (χ1) is 15.7. The molecule has 0 aliphatic heterocycles. The minimum Gasteiger partial charge on any atom is -0.495 e. The minimum absolute atomic E-state index is 0.0716. The van der Waals surface area contributed by atoms with Crippen molar-refractivity contribution < 1.29 is 17.9 Å². The molecule has 0 aliphatic carbocycles. The maximum absolute atomic E-state index is 12.6. The van der Waals surface area contributed by atoms with Gasteiger partial charge in [0.05, 0.1) is 12.6 Å². The lowest BCUT2D eigenvalue weighted by atomic mass is 10.2. The lowest BCUT2D eigenvalue weighted by Gasteiger charge is -2.14. The molecule has 2 aromatic carbocycles. The first-order valence-corrected chi connectivity index (χ1v) is 12.3. The fraction of sp³-hybridized carbons (Fsp3) is 0.304. The quantitative estimate of drug-likeness (QED) is 0.373. The topological polar surface area (TPSA) is 109 Å². The number of methoxy groups -OCH3 is 1. The number of rotatable bonds is 10. The van der Waals surface area contributed by atoms with Crippen molar-refractivity contribution >= 4 is 44.1 Å². The number of hydrogen-bond donors (Lipinski definition) is 3. The van der Waals surface area contributed by atoms with Gasteiger partial charge < -0.3 is 15.4 Å². The molecule has 1 amide bonds. The summed E-state index contributed by atoms with van der Waals surface area (Å²) < 4.78 is 32.9. The van der Waals surface area contributed by atoms with Crippen LogP contribution in [0, 0.1) is 0 Å². The van der Waals surface area contributed by atoms with Crippen molar-refractivity contribution in [3.63, 3.8) is 0 Å². The fourth-order valence-corrected chi connectivity index (χ4v) is 4.90. The average molecular weight is 491 g/mol. The van der Waals surface area contributed by atoms with Crippen LogP contribution in [-0.4, -0.2) is 45.6 Å². The Morgan fingerprint density at radius 2 is 1.91 bits per heavy atom. The van der Waals surface area contributed by atoms with E-state index in [9.17, 15) is 13.2 Å². The minimum atomic E-state index is -3.82. The Labute approximate surface area is 198 Å². The van der Waals surface area contributed by atoms with Gasteiger partial charge in [-0.05, 0) is 62.7 Å². The van der Waals surface area contributed by atoms with Crippen molar-refractivity contribution in [3.05, 3.63) is 59.2 Å². The summed E-state index contributed by atoms with van der Waals surface area (Å²) in [6, 6.07) is 11.5. The second-order valence-electron chi connectivity index (χ2n) is 7.70. The van der Waals surface area contributed by atoms with E-state index in [2.05, 4.69) is 20.3 Å². The van der Waals surface area contributed by atoms with Gasteiger partial charge in [-0.15, -0.1) is 0 Å². The standard InChI is InChI=1S/C23H27ClN4O4S/c1-15(2)28-33(30,31)22-13-16(5-8-21(22)32-3)23(29)27-11-4-10-25-19-9-12-26-20-14-17(24)6-7-18(19)20/h5-9,12-15,28H,4,10-11H2,1-3H3,(H,25,26)(H,27,29). The van der Waals surface area contributed by atoms with Crippen molar-refractivity contribution in [2.24, 2.45) is 0 Å². The first-order valence-electron chi connectivity index (χ1n) is 10.5. The zero-order chi connectivity index (χ0) is 24.0. The normalized spacial score (nSPS) is 11.5. The van der Waals surface area contributed by atoms with E-state index in [0.29, 0.717) is 24.5 Å². The van der Waals surface area contributed by atoms with Gasteiger partial charge in [0.1, 0.15) is 10.6 Å². The summed E-state index contributed by atoms with van der Waals surface area (Å²) in [5.41, 5.74) is 1.98. The summed E-state index contributed by atoms with van der Waals surface area (Å²) in [6.45, 7) is 4.48. The average Bonchev–Trinajstić information content (AvgIpc) is 2.77. The molecule has 8 nitrogen and oxygen atoms in total. The molecule has 0 aliphatic rings. The van der Waals surface area contributed by atoms with Gasteiger partial charge in [0.25, 0.3) is 5.91 Å².